The van der Waals surface area contributed by atoms with Crippen molar-refractivity contribution < 1.29 is 0 Å². The molecule has 0 aliphatic heterocycles. The van der Waals surface area contributed by atoms with Gasteiger partial charge in [-0.25, -0.2) is 4.98 Å². The van der Waals surface area contributed by atoms with Crippen molar-refractivity contribution in [2.45, 2.75) is 25.7 Å². The highest BCUT2D eigenvalue weighted by Crippen LogP contribution is 2.40. The van der Waals surface area contributed by atoms with Gasteiger partial charge in [-0.05, 0) is 55.5 Å². The van der Waals surface area contributed by atoms with Crippen LogP contribution in [0.25, 0.3) is 22.2 Å². The number of anilines is 2. The van der Waals surface area contributed by atoms with Crippen molar-refractivity contribution in [1.82, 2.24) is 29.9 Å². The summed E-state index contributed by atoms with van der Waals surface area (Å²) in [7, 11) is 1.92. The number of nitrogens with zero attached hydrogens (tertiary/aromatic N) is 6. The molecule has 0 atom stereocenters. The van der Waals surface area contributed by atoms with Gasteiger partial charge in [0, 0.05) is 30.6 Å². The third-order valence-corrected chi connectivity index (χ3v) is 4.84. The van der Waals surface area contributed by atoms with Crippen molar-refractivity contribution in [3.8, 4) is 11.1 Å². The second-order valence-corrected chi connectivity index (χ2v) is 7.03. The van der Waals surface area contributed by atoms with Gasteiger partial charge in [0.2, 0.25) is 0 Å². The van der Waals surface area contributed by atoms with Crippen LogP contribution >= 0.6 is 0 Å². The Hall–Kier alpha value is -3.35. The highest BCUT2D eigenvalue weighted by molar-refractivity contribution is 5.82. The fraction of sp³-hybridized carbons (Fsp3) is 0.250. The molecule has 0 unspecified atom stereocenters. The van der Waals surface area contributed by atoms with Crippen molar-refractivity contribution in [2.24, 2.45) is 7.05 Å². The molecule has 1 aliphatic carbocycles. The molecule has 0 spiro atoms. The van der Waals surface area contributed by atoms with E-state index in [-0.39, 0.29) is 0 Å². The molecule has 134 valence electrons. The van der Waals surface area contributed by atoms with E-state index in [4.69, 9.17) is 4.98 Å². The Morgan fingerprint density at radius 1 is 1.07 bits per heavy atom. The van der Waals surface area contributed by atoms with E-state index in [1.807, 2.05) is 55.4 Å². The lowest BCUT2D eigenvalue weighted by atomic mass is 10.1. The van der Waals surface area contributed by atoms with Gasteiger partial charge in [0.25, 0.3) is 0 Å². The topological polar surface area (TPSA) is 81.4 Å². The molecule has 5 rings (SSSR count). The second-order valence-electron chi connectivity index (χ2n) is 7.03. The number of hydrogen-bond donors (Lipinski definition) is 1. The molecule has 4 aromatic rings. The summed E-state index contributed by atoms with van der Waals surface area (Å²) in [5.41, 5.74) is 5.96. The minimum atomic E-state index is 0.639. The lowest BCUT2D eigenvalue weighted by Crippen LogP contribution is -1.99. The minimum Gasteiger partial charge on any atom is -0.323 e. The number of aryl methyl sites for hydroxylation is 2. The van der Waals surface area contributed by atoms with E-state index >= 15 is 0 Å². The van der Waals surface area contributed by atoms with Crippen molar-refractivity contribution in [3.63, 3.8) is 0 Å². The Balaban J connectivity index is 1.48. The molecular formula is C20H19N7. The summed E-state index contributed by atoms with van der Waals surface area (Å²) in [4.78, 5) is 9.26. The molecule has 7 heteroatoms. The molecule has 1 saturated carbocycles. The standard InChI is InChI=1S/C20H19N7/c1-12-16(11-27(2)26-12)15-7-18-17(21-9-15)5-6-19(23-18)24-20-8-14(10-22-25-20)13-3-4-13/h5-11,13H,3-4H2,1-2H3,(H,23,24,25). The van der Waals surface area contributed by atoms with E-state index in [0.29, 0.717) is 5.92 Å². The van der Waals surface area contributed by atoms with Crippen LogP contribution in [0.4, 0.5) is 11.6 Å². The number of aromatic nitrogens is 6. The predicted molar refractivity (Wildman–Crippen MR) is 104 cm³/mol. The molecule has 27 heavy (non-hydrogen) atoms. The summed E-state index contributed by atoms with van der Waals surface area (Å²) < 4.78 is 1.81. The summed E-state index contributed by atoms with van der Waals surface area (Å²) in [5.74, 6) is 2.09. The minimum absolute atomic E-state index is 0.639. The molecular weight excluding hydrogens is 338 g/mol. The van der Waals surface area contributed by atoms with E-state index < -0.39 is 0 Å². The maximum absolute atomic E-state index is 4.71. The zero-order chi connectivity index (χ0) is 18.4. The summed E-state index contributed by atoms with van der Waals surface area (Å²) >= 11 is 0. The molecule has 0 saturated heterocycles. The van der Waals surface area contributed by atoms with Crippen LogP contribution in [0.5, 0.6) is 0 Å². The predicted octanol–water partition coefficient (Wildman–Crippen LogP) is 3.75. The van der Waals surface area contributed by atoms with E-state index in [1.165, 1.54) is 18.4 Å². The first-order valence-corrected chi connectivity index (χ1v) is 9.03. The molecule has 4 aromatic heterocycles. The van der Waals surface area contributed by atoms with Crippen LogP contribution < -0.4 is 5.32 Å². The highest BCUT2D eigenvalue weighted by Gasteiger charge is 2.24. The quantitative estimate of drug-likeness (QED) is 0.599. The van der Waals surface area contributed by atoms with Crippen molar-refractivity contribution in [3.05, 3.63) is 54.1 Å². The maximum atomic E-state index is 4.71. The molecule has 0 aromatic carbocycles. The Morgan fingerprint density at radius 3 is 2.74 bits per heavy atom. The average molecular weight is 357 g/mol. The summed E-state index contributed by atoms with van der Waals surface area (Å²) in [6.45, 7) is 2.00. The van der Waals surface area contributed by atoms with Gasteiger partial charge in [-0.3, -0.25) is 9.67 Å². The molecule has 4 heterocycles. The van der Waals surface area contributed by atoms with E-state index in [9.17, 15) is 0 Å². The first-order chi connectivity index (χ1) is 13.2. The molecule has 1 aliphatic rings. The van der Waals surface area contributed by atoms with Gasteiger partial charge in [0.1, 0.15) is 5.82 Å². The Morgan fingerprint density at radius 2 is 1.96 bits per heavy atom. The number of fused-ring (bicyclic) bond motifs is 1. The normalized spacial score (nSPS) is 13.9. The maximum Gasteiger partial charge on any atom is 0.154 e. The largest absolute Gasteiger partial charge is 0.323 e. The SMILES string of the molecule is Cc1nn(C)cc1-c1cnc2ccc(Nc3cc(C4CC4)cnn3)nc2c1. The number of rotatable bonds is 4. The fourth-order valence-corrected chi connectivity index (χ4v) is 3.32. The molecule has 0 radical (unpaired) electrons. The van der Waals surface area contributed by atoms with Gasteiger partial charge >= 0.3 is 0 Å². The van der Waals surface area contributed by atoms with Crippen LogP contribution in [0.15, 0.2) is 42.9 Å². The van der Waals surface area contributed by atoms with Crippen molar-refractivity contribution in [2.75, 3.05) is 5.32 Å². The van der Waals surface area contributed by atoms with E-state index in [2.05, 4.69) is 31.7 Å². The average Bonchev–Trinajstić information content (AvgIpc) is 3.46. The summed E-state index contributed by atoms with van der Waals surface area (Å²) in [6, 6.07) is 7.98. The van der Waals surface area contributed by atoms with Crippen LogP contribution in [0, 0.1) is 6.92 Å². The van der Waals surface area contributed by atoms with Crippen molar-refractivity contribution >= 4 is 22.7 Å². The van der Waals surface area contributed by atoms with Crippen LogP contribution in [-0.4, -0.2) is 29.9 Å². The van der Waals surface area contributed by atoms with E-state index in [0.717, 1.165) is 39.5 Å². The lowest BCUT2D eigenvalue weighted by molar-refractivity contribution is 0.756. The zero-order valence-corrected chi connectivity index (χ0v) is 15.2. The summed E-state index contributed by atoms with van der Waals surface area (Å²) in [5, 5.41) is 16.0. The number of nitrogens with one attached hydrogen (secondary N) is 1. The molecule has 0 amide bonds. The highest BCUT2D eigenvalue weighted by atomic mass is 15.2. The Labute approximate surface area is 156 Å². The van der Waals surface area contributed by atoms with E-state index in [1.54, 1.807) is 0 Å². The first kappa shape index (κ1) is 15.9. The zero-order valence-electron chi connectivity index (χ0n) is 15.2. The molecule has 0 bridgehead atoms. The van der Waals surface area contributed by atoms with Gasteiger partial charge in [-0.2, -0.15) is 10.2 Å². The third-order valence-electron chi connectivity index (χ3n) is 4.84. The van der Waals surface area contributed by atoms with Gasteiger partial charge in [0.15, 0.2) is 5.82 Å². The number of hydrogen-bond acceptors (Lipinski definition) is 6. The monoisotopic (exact) mass is 357 g/mol. The van der Waals surface area contributed by atoms with Gasteiger partial charge in [-0.1, -0.05) is 0 Å². The fourth-order valence-electron chi connectivity index (χ4n) is 3.32. The molecule has 7 nitrogen and oxygen atoms in total. The summed E-state index contributed by atoms with van der Waals surface area (Å²) in [6.07, 6.45) is 8.19. The van der Waals surface area contributed by atoms with Gasteiger partial charge < -0.3 is 5.32 Å². The Kier molecular flexibility index (Phi) is 3.60. The third kappa shape index (κ3) is 3.12. The van der Waals surface area contributed by atoms with Gasteiger partial charge in [-0.15, -0.1) is 5.10 Å². The molecule has 1 N–H and O–H groups in total. The van der Waals surface area contributed by atoms with Crippen molar-refractivity contribution in [1.29, 1.82) is 0 Å². The Bertz CT molecular complexity index is 1140. The van der Waals surface area contributed by atoms with Crippen LogP contribution in [0.3, 0.4) is 0 Å². The first-order valence-electron chi connectivity index (χ1n) is 9.03. The lowest BCUT2D eigenvalue weighted by Gasteiger charge is -2.07. The van der Waals surface area contributed by atoms with Crippen LogP contribution in [0.1, 0.15) is 30.0 Å². The second kappa shape index (κ2) is 6.12. The number of pyridine rings is 2. The smallest absolute Gasteiger partial charge is 0.154 e. The van der Waals surface area contributed by atoms with Crippen LogP contribution in [0.2, 0.25) is 0 Å². The molecule has 1 fully saturated rings. The van der Waals surface area contributed by atoms with Gasteiger partial charge in [0.05, 0.1) is 22.9 Å². The van der Waals surface area contributed by atoms with Crippen LogP contribution in [-0.2, 0) is 7.05 Å².